The normalized spacial score (nSPS) is 18.6. The maximum atomic E-state index is 13.4. The smallest absolute Gasteiger partial charge is 0.259 e. The lowest BCUT2D eigenvalue weighted by Crippen LogP contribution is -2.56. The topological polar surface area (TPSA) is 102 Å². The van der Waals surface area contributed by atoms with E-state index in [9.17, 15) is 4.79 Å². The van der Waals surface area contributed by atoms with E-state index >= 15 is 0 Å². The van der Waals surface area contributed by atoms with Gasteiger partial charge in [-0.2, -0.15) is 0 Å². The van der Waals surface area contributed by atoms with Crippen molar-refractivity contribution in [1.29, 1.82) is 0 Å². The largest absolute Gasteiger partial charge is 0.463 e. The Kier molecular flexibility index (Phi) is 4.21. The molecule has 0 aliphatic carbocycles. The molecule has 136 valence electrons. The lowest BCUT2D eigenvalue weighted by Gasteiger charge is -2.39. The fourth-order valence-electron chi connectivity index (χ4n) is 3.45. The van der Waals surface area contributed by atoms with E-state index in [1.54, 1.807) is 31.4 Å². The molecule has 1 saturated heterocycles. The average molecular weight is 355 g/mol. The fourth-order valence-corrected chi connectivity index (χ4v) is 3.45. The molecule has 1 aliphatic rings. The SMILES string of the molecule is Cc1noc2nc(-c3ccco3)cc(C(=O)N3CCN(C)CC3CN)c12. The summed E-state index contributed by atoms with van der Waals surface area (Å²) in [6, 6.07) is 5.29. The summed E-state index contributed by atoms with van der Waals surface area (Å²) >= 11 is 0. The van der Waals surface area contributed by atoms with Crippen LogP contribution in [0.15, 0.2) is 33.4 Å². The molecule has 1 fully saturated rings. The first-order chi connectivity index (χ1) is 12.6. The molecule has 0 saturated carbocycles. The van der Waals surface area contributed by atoms with E-state index in [1.165, 1.54) is 0 Å². The van der Waals surface area contributed by atoms with Gasteiger partial charge in [-0.1, -0.05) is 5.16 Å². The van der Waals surface area contributed by atoms with Gasteiger partial charge in [0, 0.05) is 26.2 Å². The summed E-state index contributed by atoms with van der Waals surface area (Å²) in [5, 5.41) is 4.62. The number of nitrogens with two attached hydrogens (primary N) is 1. The second-order valence-corrected chi connectivity index (χ2v) is 6.63. The number of nitrogens with zero attached hydrogens (tertiary/aromatic N) is 4. The van der Waals surface area contributed by atoms with Crippen LogP contribution in [-0.4, -0.2) is 65.1 Å². The molecule has 3 aromatic heterocycles. The standard InChI is InChI=1S/C18H21N5O3/c1-11-16-13(18(24)23-6-5-22(2)10-12(23)9-19)8-14(15-4-3-7-25-15)20-17(16)26-21-11/h3-4,7-8,12H,5-6,9-10,19H2,1-2H3. The molecule has 1 amide bonds. The van der Waals surface area contributed by atoms with E-state index in [0.29, 0.717) is 46.9 Å². The van der Waals surface area contributed by atoms with Crippen molar-refractivity contribution < 1.29 is 13.7 Å². The van der Waals surface area contributed by atoms with Crippen LogP contribution in [0.25, 0.3) is 22.6 Å². The van der Waals surface area contributed by atoms with Crippen molar-refractivity contribution in [2.75, 3.05) is 33.2 Å². The van der Waals surface area contributed by atoms with E-state index in [1.807, 2.05) is 11.9 Å². The Hall–Kier alpha value is -2.71. The molecule has 0 aromatic carbocycles. The average Bonchev–Trinajstić information content (AvgIpc) is 3.30. The summed E-state index contributed by atoms with van der Waals surface area (Å²) in [5.74, 6) is 0.490. The number of amides is 1. The van der Waals surface area contributed by atoms with Crippen LogP contribution in [0, 0.1) is 6.92 Å². The summed E-state index contributed by atoms with van der Waals surface area (Å²) in [7, 11) is 2.04. The molecule has 8 nitrogen and oxygen atoms in total. The highest BCUT2D eigenvalue weighted by Gasteiger charge is 2.31. The van der Waals surface area contributed by atoms with Crippen LogP contribution < -0.4 is 5.73 Å². The van der Waals surface area contributed by atoms with Crippen molar-refractivity contribution in [2.24, 2.45) is 5.73 Å². The second-order valence-electron chi connectivity index (χ2n) is 6.63. The molecule has 2 N–H and O–H groups in total. The lowest BCUT2D eigenvalue weighted by molar-refractivity contribution is 0.0518. The maximum Gasteiger partial charge on any atom is 0.259 e. The van der Waals surface area contributed by atoms with Crippen LogP contribution in [0.3, 0.4) is 0 Å². The summed E-state index contributed by atoms with van der Waals surface area (Å²) in [4.78, 5) is 21.9. The molecule has 1 unspecified atom stereocenters. The minimum atomic E-state index is -0.0833. The van der Waals surface area contributed by atoms with E-state index < -0.39 is 0 Å². The van der Waals surface area contributed by atoms with Gasteiger partial charge in [-0.05, 0) is 32.2 Å². The molecule has 26 heavy (non-hydrogen) atoms. The number of hydrogen-bond acceptors (Lipinski definition) is 7. The highest BCUT2D eigenvalue weighted by Crippen LogP contribution is 2.29. The van der Waals surface area contributed by atoms with Gasteiger partial charge in [0.15, 0.2) is 5.76 Å². The van der Waals surface area contributed by atoms with Crippen molar-refractivity contribution >= 4 is 17.0 Å². The number of pyridine rings is 1. The van der Waals surface area contributed by atoms with E-state index in [4.69, 9.17) is 14.7 Å². The molecule has 1 aliphatic heterocycles. The minimum Gasteiger partial charge on any atom is -0.463 e. The highest BCUT2D eigenvalue weighted by atomic mass is 16.5. The summed E-state index contributed by atoms with van der Waals surface area (Å²) in [5.41, 5.74) is 7.95. The number of furan rings is 1. The van der Waals surface area contributed by atoms with Crippen molar-refractivity contribution in [3.8, 4) is 11.5 Å². The number of aryl methyl sites for hydroxylation is 1. The molecular weight excluding hydrogens is 334 g/mol. The van der Waals surface area contributed by atoms with Crippen LogP contribution in [0.1, 0.15) is 16.1 Å². The van der Waals surface area contributed by atoms with Gasteiger partial charge in [0.2, 0.25) is 0 Å². The third-order valence-electron chi connectivity index (χ3n) is 4.84. The number of likely N-dealkylation sites (N-methyl/N-ethyl adjacent to an activating group) is 1. The predicted octanol–water partition coefficient (Wildman–Crippen LogP) is 1.51. The minimum absolute atomic E-state index is 0.0308. The van der Waals surface area contributed by atoms with Gasteiger partial charge in [-0.15, -0.1) is 0 Å². The zero-order valence-corrected chi connectivity index (χ0v) is 14.8. The molecule has 3 aromatic rings. The zero-order valence-electron chi connectivity index (χ0n) is 14.8. The Bertz CT molecular complexity index is 934. The molecular formula is C18H21N5O3. The Morgan fingerprint density at radius 2 is 2.27 bits per heavy atom. The second kappa shape index (κ2) is 6.54. The number of aromatic nitrogens is 2. The van der Waals surface area contributed by atoms with Gasteiger partial charge in [-0.3, -0.25) is 4.79 Å². The summed E-state index contributed by atoms with van der Waals surface area (Å²) in [6.45, 7) is 4.41. The maximum absolute atomic E-state index is 13.4. The van der Waals surface area contributed by atoms with Crippen LogP contribution in [0.4, 0.5) is 0 Å². The van der Waals surface area contributed by atoms with E-state index in [-0.39, 0.29) is 11.9 Å². The van der Waals surface area contributed by atoms with Gasteiger partial charge in [0.05, 0.1) is 28.9 Å². The third kappa shape index (κ3) is 2.77. The number of rotatable bonds is 3. The van der Waals surface area contributed by atoms with Crippen LogP contribution in [-0.2, 0) is 0 Å². The zero-order chi connectivity index (χ0) is 18.3. The molecule has 0 radical (unpaired) electrons. The van der Waals surface area contributed by atoms with Crippen LogP contribution >= 0.6 is 0 Å². The third-order valence-corrected chi connectivity index (χ3v) is 4.84. The first-order valence-electron chi connectivity index (χ1n) is 8.59. The van der Waals surface area contributed by atoms with Gasteiger partial charge in [0.1, 0.15) is 5.69 Å². The molecule has 1 atom stereocenters. The quantitative estimate of drug-likeness (QED) is 0.760. The molecule has 4 heterocycles. The predicted molar refractivity (Wildman–Crippen MR) is 95.6 cm³/mol. The highest BCUT2D eigenvalue weighted by molar-refractivity contribution is 6.07. The Morgan fingerprint density at radius 3 is 3.00 bits per heavy atom. The molecule has 0 bridgehead atoms. The van der Waals surface area contributed by atoms with Gasteiger partial charge >= 0.3 is 0 Å². The molecule has 4 rings (SSSR count). The van der Waals surface area contributed by atoms with Crippen molar-refractivity contribution in [2.45, 2.75) is 13.0 Å². The van der Waals surface area contributed by atoms with E-state index in [2.05, 4.69) is 15.0 Å². The molecule has 8 heteroatoms. The van der Waals surface area contributed by atoms with Crippen molar-refractivity contribution in [3.05, 3.63) is 35.7 Å². The monoisotopic (exact) mass is 355 g/mol. The van der Waals surface area contributed by atoms with Gasteiger partial charge in [-0.25, -0.2) is 4.98 Å². The van der Waals surface area contributed by atoms with Crippen LogP contribution in [0.2, 0.25) is 0 Å². The number of hydrogen-bond donors (Lipinski definition) is 1. The van der Waals surface area contributed by atoms with Gasteiger partial charge < -0.3 is 24.5 Å². The summed E-state index contributed by atoms with van der Waals surface area (Å²) in [6.07, 6.45) is 1.57. The lowest BCUT2D eigenvalue weighted by atomic mass is 10.0. The Morgan fingerprint density at radius 1 is 1.42 bits per heavy atom. The van der Waals surface area contributed by atoms with E-state index in [0.717, 1.165) is 13.1 Å². The Balaban J connectivity index is 1.81. The number of fused-ring (bicyclic) bond motifs is 1. The fraction of sp³-hybridized carbons (Fsp3) is 0.389. The van der Waals surface area contributed by atoms with Crippen molar-refractivity contribution in [3.63, 3.8) is 0 Å². The summed E-state index contributed by atoms with van der Waals surface area (Å²) < 4.78 is 10.8. The molecule has 0 spiro atoms. The number of carbonyl (C=O) groups excluding carboxylic acids is 1. The van der Waals surface area contributed by atoms with Crippen molar-refractivity contribution in [1.82, 2.24) is 19.9 Å². The number of carbonyl (C=O) groups is 1. The van der Waals surface area contributed by atoms with Gasteiger partial charge in [0.25, 0.3) is 11.6 Å². The Labute approximate surface area is 150 Å². The number of piperazine rings is 1. The first kappa shape index (κ1) is 16.7. The first-order valence-corrected chi connectivity index (χ1v) is 8.59. The van der Waals surface area contributed by atoms with Crippen LogP contribution in [0.5, 0.6) is 0 Å².